The SMILES string of the molecule is COCCOC(=O)C1C(C)=NC(C)=C(C(=O)O[C@@]2(C)CCN(Cc3ccccc3)C2)[C@@H]1c1cccc([N+](=O)[O-])c1. The standard InChI is InChI=1S/C30H35N3O7/c1-20-25(28(34)39-16-15-38-4)27(23-11-8-12-24(17-23)33(36)37)26(21(2)31-20)29(35)40-30(3)13-14-32(19-30)18-22-9-6-5-7-10-22/h5-12,17,25,27H,13-16,18-19H2,1-4H3/t25?,27-,30+/m1/s1. The van der Waals surface area contributed by atoms with Gasteiger partial charge in [-0.2, -0.15) is 0 Å². The third-order valence-electron chi connectivity index (χ3n) is 7.38. The molecular formula is C30H35N3O7. The fourth-order valence-corrected chi connectivity index (χ4v) is 5.48. The number of nitrogens with zero attached hydrogens (tertiary/aromatic N) is 3. The first kappa shape index (κ1) is 29.1. The van der Waals surface area contributed by atoms with Crippen LogP contribution in [0, 0.1) is 16.0 Å². The highest BCUT2D eigenvalue weighted by Crippen LogP contribution is 2.42. The molecule has 212 valence electrons. The summed E-state index contributed by atoms with van der Waals surface area (Å²) in [6, 6.07) is 16.1. The van der Waals surface area contributed by atoms with Gasteiger partial charge in [-0.05, 0) is 31.9 Å². The van der Waals surface area contributed by atoms with E-state index in [2.05, 4.69) is 22.0 Å². The molecule has 4 rings (SSSR count). The molecule has 0 aliphatic carbocycles. The van der Waals surface area contributed by atoms with Gasteiger partial charge in [0, 0.05) is 62.6 Å². The predicted molar refractivity (Wildman–Crippen MR) is 149 cm³/mol. The smallest absolute Gasteiger partial charge is 0.337 e. The maximum absolute atomic E-state index is 13.9. The van der Waals surface area contributed by atoms with Gasteiger partial charge < -0.3 is 14.2 Å². The third-order valence-corrected chi connectivity index (χ3v) is 7.38. The normalized spacial score (nSPS) is 23.1. The molecule has 10 heteroatoms. The van der Waals surface area contributed by atoms with E-state index in [1.807, 2.05) is 25.1 Å². The fraction of sp³-hybridized carbons (Fsp3) is 0.433. The van der Waals surface area contributed by atoms with Crippen molar-refractivity contribution in [3.63, 3.8) is 0 Å². The van der Waals surface area contributed by atoms with Crippen LogP contribution in [0.1, 0.15) is 44.2 Å². The third kappa shape index (κ3) is 6.63. The molecule has 0 N–H and O–H groups in total. The number of methoxy groups -OCH3 is 1. The topological polar surface area (TPSA) is 121 Å². The first-order valence-electron chi connectivity index (χ1n) is 13.3. The Morgan fingerprint density at radius 3 is 2.58 bits per heavy atom. The highest BCUT2D eigenvalue weighted by molar-refractivity contribution is 6.07. The highest BCUT2D eigenvalue weighted by Gasteiger charge is 2.45. The Kier molecular flexibility index (Phi) is 9.11. The number of aliphatic imine (C=N–C) groups is 1. The van der Waals surface area contributed by atoms with Crippen LogP contribution in [-0.4, -0.2) is 66.5 Å². The van der Waals surface area contributed by atoms with E-state index in [9.17, 15) is 19.7 Å². The summed E-state index contributed by atoms with van der Waals surface area (Å²) in [5.74, 6) is -3.01. The number of non-ortho nitro benzene ring substituents is 1. The number of likely N-dealkylation sites (tertiary alicyclic amines) is 1. The molecule has 3 atom stereocenters. The van der Waals surface area contributed by atoms with Crippen LogP contribution in [-0.2, 0) is 30.3 Å². The monoisotopic (exact) mass is 549 g/mol. The van der Waals surface area contributed by atoms with Gasteiger partial charge in [0.1, 0.15) is 18.1 Å². The zero-order valence-electron chi connectivity index (χ0n) is 23.3. The van der Waals surface area contributed by atoms with Gasteiger partial charge >= 0.3 is 11.9 Å². The van der Waals surface area contributed by atoms with E-state index >= 15 is 0 Å². The van der Waals surface area contributed by atoms with Crippen molar-refractivity contribution in [3.8, 4) is 0 Å². The Labute approximate surface area is 233 Å². The summed E-state index contributed by atoms with van der Waals surface area (Å²) >= 11 is 0. The van der Waals surface area contributed by atoms with Gasteiger partial charge in [0.05, 0.1) is 17.1 Å². The predicted octanol–water partition coefficient (Wildman–Crippen LogP) is 4.44. The van der Waals surface area contributed by atoms with Crippen LogP contribution in [0.25, 0.3) is 0 Å². The van der Waals surface area contributed by atoms with Crippen molar-refractivity contribution in [2.24, 2.45) is 10.9 Å². The molecular weight excluding hydrogens is 514 g/mol. The summed E-state index contributed by atoms with van der Waals surface area (Å²) in [5.41, 5.74) is 1.77. The van der Waals surface area contributed by atoms with E-state index < -0.39 is 34.3 Å². The molecule has 2 aliphatic rings. The number of rotatable bonds is 10. The van der Waals surface area contributed by atoms with Gasteiger partial charge in [0.25, 0.3) is 5.69 Å². The Morgan fingerprint density at radius 1 is 1.12 bits per heavy atom. The molecule has 2 aromatic carbocycles. The molecule has 40 heavy (non-hydrogen) atoms. The number of nitro groups is 1. The highest BCUT2D eigenvalue weighted by atomic mass is 16.6. The van der Waals surface area contributed by atoms with Crippen molar-refractivity contribution >= 4 is 23.3 Å². The van der Waals surface area contributed by atoms with E-state index in [-0.39, 0.29) is 24.5 Å². The molecule has 0 spiro atoms. The second-order valence-corrected chi connectivity index (χ2v) is 10.5. The number of carbonyl (C=O) groups is 2. The van der Waals surface area contributed by atoms with Crippen molar-refractivity contribution in [3.05, 3.63) is 87.1 Å². The van der Waals surface area contributed by atoms with Crippen LogP contribution < -0.4 is 0 Å². The van der Waals surface area contributed by atoms with Crippen LogP contribution in [0.4, 0.5) is 5.69 Å². The van der Waals surface area contributed by atoms with Gasteiger partial charge in [-0.25, -0.2) is 4.79 Å². The van der Waals surface area contributed by atoms with E-state index in [4.69, 9.17) is 14.2 Å². The molecule has 1 fully saturated rings. The summed E-state index contributed by atoms with van der Waals surface area (Å²) in [7, 11) is 1.50. The summed E-state index contributed by atoms with van der Waals surface area (Å²) in [6.07, 6.45) is 0.643. The van der Waals surface area contributed by atoms with E-state index in [0.29, 0.717) is 29.9 Å². The number of allylic oxidation sites excluding steroid dienone is 1. The van der Waals surface area contributed by atoms with E-state index in [1.165, 1.54) is 24.8 Å². The molecule has 1 unspecified atom stereocenters. The van der Waals surface area contributed by atoms with Gasteiger partial charge in [-0.1, -0.05) is 42.5 Å². The van der Waals surface area contributed by atoms with Crippen LogP contribution in [0.5, 0.6) is 0 Å². The first-order valence-corrected chi connectivity index (χ1v) is 13.3. The molecule has 0 amide bonds. The van der Waals surface area contributed by atoms with E-state index in [1.54, 1.807) is 26.0 Å². The lowest BCUT2D eigenvalue weighted by atomic mass is 9.75. The number of hydrogen-bond acceptors (Lipinski definition) is 9. The lowest BCUT2D eigenvalue weighted by Crippen LogP contribution is -2.40. The lowest BCUT2D eigenvalue weighted by Gasteiger charge is -2.33. The first-order chi connectivity index (χ1) is 19.1. The molecule has 1 saturated heterocycles. The number of esters is 2. The maximum atomic E-state index is 13.9. The Bertz CT molecular complexity index is 1320. The average molecular weight is 550 g/mol. The average Bonchev–Trinajstić information content (AvgIpc) is 3.28. The molecule has 2 aromatic rings. The van der Waals surface area contributed by atoms with Gasteiger partial charge in [-0.15, -0.1) is 0 Å². The van der Waals surface area contributed by atoms with Gasteiger partial charge in [0.15, 0.2) is 0 Å². The van der Waals surface area contributed by atoms with Crippen molar-refractivity contribution in [2.45, 2.75) is 45.3 Å². The summed E-state index contributed by atoms with van der Waals surface area (Å²) in [6.45, 7) is 7.57. The van der Waals surface area contributed by atoms with Crippen molar-refractivity contribution in [1.82, 2.24) is 4.90 Å². The zero-order valence-corrected chi connectivity index (χ0v) is 23.3. The maximum Gasteiger partial charge on any atom is 0.337 e. The van der Waals surface area contributed by atoms with Crippen LogP contribution in [0.3, 0.4) is 0 Å². The number of nitro benzene ring substituents is 1. The van der Waals surface area contributed by atoms with Crippen molar-refractivity contribution < 1.29 is 28.7 Å². The van der Waals surface area contributed by atoms with Gasteiger partial charge in [0.2, 0.25) is 0 Å². The van der Waals surface area contributed by atoms with Crippen LogP contribution >= 0.6 is 0 Å². The molecule has 2 heterocycles. The molecule has 0 bridgehead atoms. The number of carbonyl (C=O) groups excluding carboxylic acids is 2. The molecule has 0 radical (unpaired) electrons. The number of benzene rings is 2. The van der Waals surface area contributed by atoms with Gasteiger partial charge in [-0.3, -0.25) is 24.8 Å². The molecule has 10 nitrogen and oxygen atoms in total. The largest absolute Gasteiger partial charge is 0.463 e. The fourth-order valence-electron chi connectivity index (χ4n) is 5.48. The zero-order chi connectivity index (χ0) is 28.9. The minimum atomic E-state index is -0.962. The summed E-state index contributed by atoms with van der Waals surface area (Å²) in [5, 5.41) is 11.6. The van der Waals surface area contributed by atoms with Crippen LogP contribution in [0.15, 0.2) is 70.9 Å². The quantitative estimate of drug-likeness (QED) is 0.185. The van der Waals surface area contributed by atoms with Crippen molar-refractivity contribution in [1.29, 1.82) is 0 Å². The minimum Gasteiger partial charge on any atom is -0.463 e. The number of hydrogen-bond donors (Lipinski definition) is 0. The lowest BCUT2D eigenvalue weighted by molar-refractivity contribution is -0.384. The second-order valence-electron chi connectivity index (χ2n) is 10.5. The summed E-state index contributed by atoms with van der Waals surface area (Å²) in [4.78, 5) is 45.0. The van der Waals surface area contributed by atoms with Crippen LogP contribution in [0.2, 0.25) is 0 Å². The minimum absolute atomic E-state index is 0.0264. The number of ether oxygens (including phenoxy) is 3. The Morgan fingerprint density at radius 2 is 1.88 bits per heavy atom. The second kappa shape index (κ2) is 12.5. The molecule has 0 saturated carbocycles. The molecule has 2 aliphatic heterocycles. The Balaban J connectivity index is 1.64. The molecule has 0 aromatic heterocycles. The Hall–Kier alpha value is -3.89. The van der Waals surface area contributed by atoms with Crippen molar-refractivity contribution in [2.75, 3.05) is 33.4 Å². The summed E-state index contributed by atoms with van der Waals surface area (Å²) < 4.78 is 16.6. The van der Waals surface area contributed by atoms with E-state index in [0.717, 1.165) is 13.1 Å².